The van der Waals surface area contributed by atoms with Crippen molar-refractivity contribution in [1.82, 2.24) is 10.2 Å². The monoisotopic (exact) mass is 224 g/mol. The topological polar surface area (TPSA) is 15.3 Å². The Morgan fingerprint density at radius 2 is 1.88 bits per heavy atom. The second kappa shape index (κ2) is 6.61. The largest absolute Gasteiger partial charge is 0.313 e. The van der Waals surface area contributed by atoms with Crippen molar-refractivity contribution < 1.29 is 0 Å². The predicted molar refractivity (Wildman–Crippen MR) is 69.8 cm³/mol. The number of hydrogen-bond acceptors (Lipinski definition) is 2. The average Bonchev–Trinajstić information content (AvgIpc) is 2.78. The van der Waals surface area contributed by atoms with Crippen molar-refractivity contribution in [3.8, 4) is 0 Å². The van der Waals surface area contributed by atoms with Crippen molar-refractivity contribution in [1.29, 1.82) is 0 Å². The van der Waals surface area contributed by atoms with Gasteiger partial charge in [0.25, 0.3) is 0 Å². The highest BCUT2D eigenvalue weighted by Crippen LogP contribution is 2.19. The minimum Gasteiger partial charge on any atom is -0.313 e. The van der Waals surface area contributed by atoms with Gasteiger partial charge in [0, 0.05) is 25.2 Å². The van der Waals surface area contributed by atoms with E-state index in [1.165, 1.54) is 71.0 Å². The Morgan fingerprint density at radius 1 is 1.06 bits per heavy atom. The normalized spacial score (nSPS) is 28.7. The van der Waals surface area contributed by atoms with Crippen LogP contribution < -0.4 is 5.32 Å². The van der Waals surface area contributed by atoms with Crippen molar-refractivity contribution in [2.45, 2.75) is 70.4 Å². The predicted octanol–water partition coefficient (Wildman–Crippen LogP) is 2.78. The standard InChI is InChI=1S/C14H28N2/c1-2-14-9-6-11-16(14)12-10-15-13-7-4-3-5-8-13/h13-15H,2-12H2,1H3. The summed E-state index contributed by atoms with van der Waals surface area (Å²) < 4.78 is 0. The van der Waals surface area contributed by atoms with Crippen LogP contribution in [0.2, 0.25) is 0 Å². The molecule has 1 saturated carbocycles. The van der Waals surface area contributed by atoms with Gasteiger partial charge in [-0.25, -0.2) is 0 Å². The van der Waals surface area contributed by atoms with Crippen LogP contribution in [-0.2, 0) is 0 Å². The van der Waals surface area contributed by atoms with E-state index in [9.17, 15) is 0 Å². The first-order valence-electron chi connectivity index (χ1n) is 7.37. The lowest BCUT2D eigenvalue weighted by atomic mass is 9.95. The fraction of sp³-hybridized carbons (Fsp3) is 1.00. The number of hydrogen-bond donors (Lipinski definition) is 1. The molecule has 1 unspecified atom stereocenters. The maximum Gasteiger partial charge on any atom is 0.0110 e. The molecule has 0 aromatic carbocycles. The molecule has 0 radical (unpaired) electrons. The first-order chi connectivity index (χ1) is 7.90. The van der Waals surface area contributed by atoms with E-state index in [2.05, 4.69) is 17.1 Å². The molecule has 94 valence electrons. The van der Waals surface area contributed by atoms with E-state index in [0.717, 1.165) is 12.1 Å². The maximum atomic E-state index is 3.75. The van der Waals surface area contributed by atoms with E-state index < -0.39 is 0 Å². The summed E-state index contributed by atoms with van der Waals surface area (Å²) in [7, 11) is 0. The van der Waals surface area contributed by atoms with Crippen LogP contribution in [0.15, 0.2) is 0 Å². The number of nitrogens with one attached hydrogen (secondary N) is 1. The first-order valence-corrected chi connectivity index (χ1v) is 7.37. The van der Waals surface area contributed by atoms with E-state index >= 15 is 0 Å². The summed E-state index contributed by atoms with van der Waals surface area (Å²) in [6.07, 6.45) is 11.4. The third-order valence-corrected chi connectivity index (χ3v) is 4.41. The second-order valence-electron chi connectivity index (χ2n) is 5.53. The highest BCUT2D eigenvalue weighted by atomic mass is 15.2. The molecule has 1 aliphatic heterocycles. The van der Waals surface area contributed by atoms with Crippen LogP contribution in [0.1, 0.15) is 58.3 Å². The van der Waals surface area contributed by atoms with E-state index in [1.54, 1.807) is 0 Å². The molecule has 16 heavy (non-hydrogen) atoms. The van der Waals surface area contributed by atoms with E-state index in [0.29, 0.717) is 0 Å². The van der Waals surface area contributed by atoms with Gasteiger partial charge in [-0.15, -0.1) is 0 Å². The molecule has 0 bridgehead atoms. The SMILES string of the molecule is CCC1CCCN1CCNC1CCCCC1. The zero-order chi connectivity index (χ0) is 11.2. The van der Waals surface area contributed by atoms with Gasteiger partial charge >= 0.3 is 0 Å². The van der Waals surface area contributed by atoms with E-state index in [-0.39, 0.29) is 0 Å². The Labute approximate surface area is 101 Å². The van der Waals surface area contributed by atoms with Gasteiger partial charge in [-0.1, -0.05) is 26.2 Å². The lowest BCUT2D eigenvalue weighted by Gasteiger charge is -2.27. The van der Waals surface area contributed by atoms with Gasteiger partial charge in [0.05, 0.1) is 0 Å². The summed E-state index contributed by atoms with van der Waals surface area (Å²) in [4.78, 5) is 2.69. The Hall–Kier alpha value is -0.0800. The van der Waals surface area contributed by atoms with Crippen LogP contribution in [-0.4, -0.2) is 36.6 Å². The Balaban J connectivity index is 1.59. The summed E-state index contributed by atoms with van der Waals surface area (Å²) in [6.45, 7) is 6.15. The average molecular weight is 224 g/mol. The summed E-state index contributed by atoms with van der Waals surface area (Å²) in [6, 6.07) is 1.71. The molecule has 0 spiro atoms. The molecule has 2 fully saturated rings. The molecule has 2 nitrogen and oxygen atoms in total. The molecule has 1 atom stereocenters. The van der Waals surface area contributed by atoms with Gasteiger partial charge < -0.3 is 5.32 Å². The third-order valence-electron chi connectivity index (χ3n) is 4.41. The maximum absolute atomic E-state index is 3.75. The van der Waals surface area contributed by atoms with E-state index in [4.69, 9.17) is 0 Å². The fourth-order valence-electron chi connectivity index (χ4n) is 3.37. The third kappa shape index (κ3) is 3.46. The molecule has 1 heterocycles. The lowest BCUT2D eigenvalue weighted by molar-refractivity contribution is 0.240. The van der Waals surface area contributed by atoms with Gasteiger partial charge in [0.1, 0.15) is 0 Å². The fourth-order valence-corrected chi connectivity index (χ4v) is 3.37. The zero-order valence-electron chi connectivity index (χ0n) is 10.9. The Bertz CT molecular complexity index is 187. The van der Waals surface area contributed by atoms with Crippen molar-refractivity contribution in [2.24, 2.45) is 0 Å². The van der Waals surface area contributed by atoms with Crippen LogP contribution in [0.25, 0.3) is 0 Å². The molecule has 1 saturated heterocycles. The van der Waals surface area contributed by atoms with Crippen LogP contribution in [0, 0.1) is 0 Å². The van der Waals surface area contributed by atoms with E-state index in [1.807, 2.05) is 0 Å². The van der Waals surface area contributed by atoms with Gasteiger partial charge in [0.15, 0.2) is 0 Å². The minimum absolute atomic E-state index is 0.830. The van der Waals surface area contributed by atoms with Crippen molar-refractivity contribution in [2.75, 3.05) is 19.6 Å². The van der Waals surface area contributed by atoms with Gasteiger partial charge in [-0.2, -0.15) is 0 Å². The number of likely N-dealkylation sites (tertiary alicyclic amines) is 1. The Morgan fingerprint density at radius 3 is 2.62 bits per heavy atom. The van der Waals surface area contributed by atoms with Crippen molar-refractivity contribution in [3.63, 3.8) is 0 Å². The molecular formula is C14H28N2. The first kappa shape index (κ1) is 12.4. The van der Waals surface area contributed by atoms with Crippen LogP contribution in [0.5, 0.6) is 0 Å². The summed E-state index contributed by atoms with van der Waals surface area (Å²) in [5.74, 6) is 0. The van der Waals surface area contributed by atoms with Crippen molar-refractivity contribution >= 4 is 0 Å². The smallest absolute Gasteiger partial charge is 0.0110 e. The van der Waals surface area contributed by atoms with Crippen molar-refractivity contribution in [3.05, 3.63) is 0 Å². The van der Waals surface area contributed by atoms with Crippen LogP contribution in [0.3, 0.4) is 0 Å². The van der Waals surface area contributed by atoms with Gasteiger partial charge in [0.2, 0.25) is 0 Å². The van der Waals surface area contributed by atoms with Crippen LogP contribution in [0.4, 0.5) is 0 Å². The summed E-state index contributed by atoms with van der Waals surface area (Å²) in [5, 5.41) is 3.75. The molecule has 1 aliphatic carbocycles. The van der Waals surface area contributed by atoms with Gasteiger partial charge in [-0.3, -0.25) is 4.90 Å². The molecule has 0 aromatic rings. The Kier molecular flexibility index (Phi) is 5.11. The molecular weight excluding hydrogens is 196 g/mol. The number of nitrogens with zero attached hydrogens (tertiary/aromatic N) is 1. The minimum atomic E-state index is 0.830. The second-order valence-corrected chi connectivity index (χ2v) is 5.53. The van der Waals surface area contributed by atoms with Gasteiger partial charge in [-0.05, 0) is 38.6 Å². The highest BCUT2D eigenvalue weighted by Gasteiger charge is 2.22. The van der Waals surface area contributed by atoms with Crippen LogP contribution >= 0.6 is 0 Å². The summed E-state index contributed by atoms with van der Waals surface area (Å²) in [5.41, 5.74) is 0. The highest BCUT2D eigenvalue weighted by molar-refractivity contribution is 4.79. The number of rotatable bonds is 5. The summed E-state index contributed by atoms with van der Waals surface area (Å²) >= 11 is 0. The molecule has 2 aliphatic rings. The molecule has 0 amide bonds. The molecule has 2 rings (SSSR count). The molecule has 1 N–H and O–H groups in total. The quantitative estimate of drug-likeness (QED) is 0.772. The molecule has 0 aromatic heterocycles. The molecule has 2 heteroatoms. The zero-order valence-corrected chi connectivity index (χ0v) is 10.9. The lowest BCUT2D eigenvalue weighted by Crippen LogP contribution is -2.39.